The fourth-order valence-corrected chi connectivity index (χ4v) is 3.71. The molecule has 1 heterocycles. The first-order valence-corrected chi connectivity index (χ1v) is 9.79. The number of hydrogen-bond acceptors (Lipinski definition) is 5. The van der Waals surface area contributed by atoms with Crippen LogP contribution in [0, 0.1) is 11.3 Å². The third kappa shape index (κ3) is 3.88. The number of nitrogens with two attached hydrogens (primary N) is 1. The normalized spacial score (nSPS) is 15.2. The lowest BCUT2D eigenvalue weighted by atomic mass is 9.83. The zero-order valence-corrected chi connectivity index (χ0v) is 17.1. The Balaban J connectivity index is 1.65. The summed E-state index contributed by atoms with van der Waals surface area (Å²) in [6.07, 6.45) is 0. The van der Waals surface area contributed by atoms with E-state index in [2.05, 4.69) is 6.07 Å². The van der Waals surface area contributed by atoms with Crippen LogP contribution in [0.4, 0.5) is 0 Å². The van der Waals surface area contributed by atoms with Crippen molar-refractivity contribution in [2.24, 2.45) is 5.73 Å². The Morgan fingerprint density at radius 1 is 1.07 bits per heavy atom. The molecule has 0 unspecified atom stereocenters. The number of halogens is 2. The molecule has 1 aliphatic rings. The summed E-state index contributed by atoms with van der Waals surface area (Å²) in [6.45, 7) is 0.339. The van der Waals surface area contributed by atoms with E-state index in [1.807, 2.05) is 18.2 Å². The van der Waals surface area contributed by atoms with Crippen molar-refractivity contribution in [3.05, 3.63) is 98.9 Å². The number of nitrogens with zero attached hydrogens (tertiary/aromatic N) is 1. The van der Waals surface area contributed by atoms with Crippen LogP contribution in [0.3, 0.4) is 0 Å². The van der Waals surface area contributed by atoms with Crippen LogP contribution >= 0.6 is 23.2 Å². The van der Waals surface area contributed by atoms with E-state index in [1.165, 1.54) is 12.1 Å². The van der Waals surface area contributed by atoms with E-state index in [-0.39, 0.29) is 17.2 Å². The largest absolute Gasteiger partial charge is 0.508 e. The lowest BCUT2D eigenvalue weighted by molar-refractivity contribution is 0.306. The average Bonchev–Trinajstić information content (AvgIpc) is 2.73. The summed E-state index contributed by atoms with van der Waals surface area (Å²) in [5.74, 6) is 0.492. The summed E-state index contributed by atoms with van der Waals surface area (Å²) in [4.78, 5) is 0. The topological polar surface area (TPSA) is 88.5 Å². The molecule has 3 N–H and O–H groups in total. The Morgan fingerprint density at radius 3 is 2.53 bits per heavy atom. The molecule has 0 radical (unpaired) electrons. The second-order valence-electron chi connectivity index (χ2n) is 6.75. The molecule has 1 aliphatic heterocycles. The van der Waals surface area contributed by atoms with Gasteiger partial charge in [-0.15, -0.1) is 0 Å². The molecular weight excluding hydrogens is 423 g/mol. The minimum atomic E-state index is -0.470. The Labute approximate surface area is 183 Å². The molecule has 150 valence electrons. The van der Waals surface area contributed by atoms with Crippen molar-refractivity contribution in [2.75, 3.05) is 0 Å². The summed E-state index contributed by atoms with van der Waals surface area (Å²) in [6, 6.07) is 19.5. The number of ether oxygens (including phenoxy) is 2. The van der Waals surface area contributed by atoms with Gasteiger partial charge in [-0.1, -0.05) is 47.5 Å². The maximum absolute atomic E-state index is 9.76. The van der Waals surface area contributed by atoms with Gasteiger partial charge in [-0.3, -0.25) is 0 Å². The summed E-state index contributed by atoms with van der Waals surface area (Å²) in [7, 11) is 0. The monoisotopic (exact) mass is 438 g/mol. The van der Waals surface area contributed by atoms with E-state index < -0.39 is 5.92 Å². The standard InChI is InChI=1S/C23H16Cl2N2O3/c24-15-4-1-13(2-5-15)12-29-20-8-3-14(9-19(20)25)22-17-7-6-16(28)10-21(17)30-23(27)18(22)11-26/h1-10,22,28H,12,27H2/t22-/m0/s1. The summed E-state index contributed by atoms with van der Waals surface area (Å²) in [5.41, 5.74) is 8.66. The third-order valence-corrected chi connectivity index (χ3v) is 5.35. The predicted molar refractivity (Wildman–Crippen MR) is 115 cm³/mol. The summed E-state index contributed by atoms with van der Waals surface area (Å²) in [5, 5.41) is 20.5. The molecule has 0 saturated heterocycles. The van der Waals surface area contributed by atoms with Gasteiger partial charge in [0.2, 0.25) is 5.88 Å². The number of phenolic OH excluding ortho intramolecular Hbond substituents is 1. The van der Waals surface area contributed by atoms with Gasteiger partial charge in [0, 0.05) is 16.7 Å². The molecule has 3 aromatic carbocycles. The minimum Gasteiger partial charge on any atom is -0.508 e. The van der Waals surface area contributed by atoms with Crippen molar-refractivity contribution in [3.8, 4) is 23.3 Å². The van der Waals surface area contributed by atoms with Gasteiger partial charge in [-0.2, -0.15) is 5.26 Å². The summed E-state index contributed by atoms with van der Waals surface area (Å²) < 4.78 is 11.4. The van der Waals surface area contributed by atoms with Crippen LogP contribution in [-0.4, -0.2) is 5.11 Å². The van der Waals surface area contributed by atoms with Crippen molar-refractivity contribution in [3.63, 3.8) is 0 Å². The van der Waals surface area contributed by atoms with Gasteiger partial charge in [-0.05, 0) is 41.5 Å². The molecular formula is C23H16Cl2N2O3. The van der Waals surface area contributed by atoms with Crippen LogP contribution < -0.4 is 15.2 Å². The van der Waals surface area contributed by atoms with Crippen LogP contribution in [0.1, 0.15) is 22.6 Å². The highest BCUT2D eigenvalue weighted by molar-refractivity contribution is 6.32. The molecule has 1 atom stereocenters. The van der Waals surface area contributed by atoms with Crippen LogP contribution in [0.5, 0.6) is 17.2 Å². The van der Waals surface area contributed by atoms with Gasteiger partial charge in [-0.25, -0.2) is 0 Å². The maximum atomic E-state index is 9.76. The summed E-state index contributed by atoms with van der Waals surface area (Å²) >= 11 is 12.4. The minimum absolute atomic E-state index is 0.000197. The molecule has 30 heavy (non-hydrogen) atoms. The van der Waals surface area contributed by atoms with Gasteiger partial charge < -0.3 is 20.3 Å². The lowest BCUT2D eigenvalue weighted by Gasteiger charge is -2.26. The van der Waals surface area contributed by atoms with E-state index in [4.69, 9.17) is 38.4 Å². The van der Waals surface area contributed by atoms with Gasteiger partial charge in [0.1, 0.15) is 35.5 Å². The number of allylic oxidation sites excluding steroid dienone is 1. The molecule has 5 nitrogen and oxygen atoms in total. The van der Waals surface area contributed by atoms with Crippen molar-refractivity contribution >= 4 is 23.2 Å². The van der Waals surface area contributed by atoms with E-state index in [9.17, 15) is 10.4 Å². The SMILES string of the molecule is N#CC1=C(N)Oc2cc(O)ccc2[C@@H]1c1ccc(OCc2ccc(Cl)cc2)c(Cl)c1. The zero-order valence-electron chi connectivity index (χ0n) is 15.6. The Kier molecular flexibility index (Phi) is 5.45. The zero-order chi connectivity index (χ0) is 21.3. The van der Waals surface area contributed by atoms with Gasteiger partial charge >= 0.3 is 0 Å². The van der Waals surface area contributed by atoms with Gasteiger partial charge in [0.05, 0.1) is 10.9 Å². The van der Waals surface area contributed by atoms with Crippen molar-refractivity contribution in [2.45, 2.75) is 12.5 Å². The molecule has 0 saturated carbocycles. The number of benzene rings is 3. The van der Waals surface area contributed by atoms with Crippen molar-refractivity contribution in [1.29, 1.82) is 5.26 Å². The second-order valence-corrected chi connectivity index (χ2v) is 7.60. The smallest absolute Gasteiger partial charge is 0.205 e. The number of nitriles is 1. The Morgan fingerprint density at radius 2 is 1.83 bits per heavy atom. The van der Waals surface area contributed by atoms with Gasteiger partial charge in [0.15, 0.2) is 0 Å². The molecule has 0 spiro atoms. The third-order valence-electron chi connectivity index (χ3n) is 4.80. The molecule has 3 aromatic rings. The van der Waals surface area contributed by atoms with Crippen LogP contribution in [0.25, 0.3) is 0 Å². The van der Waals surface area contributed by atoms with Crippen molar-refractivity contribution in [1.82, 2.24) is 0 Å². The second kappa shape index (κ2) is 8.19. The number of fused-ring (bicyclic) bond motifs is 1. The first-order chi connectivity index (χ1) is 14.5. The van der Waals surface area contributed by atoms with Crippen LogP contribution in [0.2, 0.25) is 10.0 Å². The van der Waals surface area contributed by atoms with Gasteiger partial charge in [0.25, 0.3) is 0 Å². The fraction of sp³-hybridized carbons (Fsp3) is 0.0870. The molecule has 0 aromatic heterocycles. The highest BCUT2D eigenvalue weighted by Gasteiger charge is 2.31. The molecule has 4 rings (SSSR count). The average molecular weight is 439 g/mol. The van der Waals surface area contributed by atoms with E-state index >= 15 is 0 Å². The quantitative estimate of drug-likeness (QED) is 0.561. The Bertz CT molecular complexity index is 1180. The highest BCUT2D eigenvalue weighted by atomic mass is 35.5. The molecule has 0 bridgehead atoms. The molecule has 7 heteroatoms. The molecule has 0 fully saturated rings. The predicted octanol–water partition coefficient (Wildman–Crippen LogP) is 5.50. The maximum Gasteiger partial charge on any atom is 0.205 e. The van der Waals surface area contributed by atoms with Crippen LogP contribution in [0.15, 0.2) is 72.1 Å². The number of rotatable bonds is 4. The molecule has 0 amide bonds. The number of phenols is 1. The van der Waals surface area contributed by atoms with Crippen molar-refractivity contribution < 1.29 is 14.6 Å². The Hall–Kier alpha value is -3.33. The van der Waals surface area contributed by atoms with E-state index in [1.54, 1.807) is 30.3 Å². The number of hydrogen-bond donors (Lipinski definition) is 2. The fourth-order valence-electron chi connectivity index (χ4n) is 3.34. The first-order valence-electron chi connectivity index (χ1n) is 9.03. The van der Waals surface area contributed by atoms with E-state index in [0.717, 1.165) is 11.1 Å². The van der Waals surface area contributed by atoms with E-state index in [0.29, 0.717) is 33.7 Å². The highest BCUT2D eigenvalue weighted by Crippen LogP contribution is 2.44. The number of aromatic hydroxyl groups is 1. The van der Waals surface area contributed by atoms with Crippen LogP contribution in [-0.2, 0) is 6.61 Å². The molecule has 0 aliphatic carbocycles. The lowest BCUT2D eigenvalue weighted by Crippen LogP contribution is -2.21. The first kappa shape index (κ1) is 20.0.